The van der Waals surface area contributed by atoms with Crippen molar-refractivity contribution < 1.29 is 59.0 Å². The zero-order valence-corrected chi connectivity index (χ0v) is 30.4. The van der Waals surface area contributed by atoms with Crippen molar-refractivity contribution in [3.8, 4) is 0 Å². The van der Waals surface area contributed by atoms with Crippen LogP contribution in [0.3, 0.4) is 0 Å². The van der Waals surface area contributed by atoms with Gasteiger partial charge in [-0.1, -0.05) is 53.4 Å². The molecule has 0 aliphatic carbocycles. The Hall–Kier alpha value is -3.97. The first-order valence-corrected chi connectivity index (χ1v) is 17.4. The summed E-state index contributed by atoms with van der Waals surface area (Å²) >= 11 is 4.03. The number of amides is 3. The number of hydrogen-bond donors (Lipinski definition) is 4. The molecule has 3 aliphatic heterocycles. The van der Waals surface area contributed by atoms with E-state index in [4.69, 9.17) is 0 Å². The number of benzene rings is 2. The zero-order chi connectivity index (χ0) is 33.5. The number of aromatic nitrogens is 3. The number of carbonyl (C=O) groups excluding carboxylic acids is 4. The fourth-order valence-corrected chi connectivity index (χ4v) is 8.92. The first-order chi connectivity index (χ1) is 23.2. The molecule has 0 spiro atoms. The van der Waals surface area contributed by atoms with Crippen LogP contribution in [0.25, 0.3) is 10.9 Å². The molecule has 1 fully saturated rings. The number of nitrogens with one attached hydrogen (secondary N) is 3. The Kier molecular flexibility index (Phi) is 10.3. The Labute approximate surface area is 313 Å². The number of nitrogens with zero attached hydrogens (tertiary/aromatic N) is 5. The number of anilines is 2. The molecule has 0 saturated carbocycles. The SMILES string of the molecule is Cc1nnc(SCC2=C(C(=O)[O-])N3C(=O)C(NC(=O)C(NC(=O)C4=CNc5c(ccc6ncccc56)N4O)c4ccccc4)[C@@H]3SC2)s1.[Na+]. The largest absolute Gasteiger partial charge is 1.00 e. The molecule has 5 heterocycles. The van der Waals surface area contributed by atoms with Gasteiger partial charge in [-0.25, -0.2) is 5.06 Å². The summed E-state index contributed by atoms with van der Waals surface area (Å²) in [5.74, 6) is -2.96. The molecule has 7 rings (SSSR count). The van der Waals surface area contributed by atoms with Gasteiger partial charge in [-0.2, -0.15) is 0 Å². The van der Waals surface area contributed by atoms with E-state index in [1.54, 1.807) is 54.7 Å². The third kappa shape index (κ3) is 6.66. The van der Waals surface area contributed by atoms with Gasteiger partial charge >= 0.3 is 29.6 Å². The Morgan fingerprint density at radius 1 is 1.14 bits per heavy atom. The Morgan fingerprint density at radius 2 is 1.94 bits per heavy atom. The van der Waals surface area contributed by atoms with Gasteiger partial charge in [0.25, 0.3) is 11.8 Å². The van der Waals surface area contributed by atoms with Crippen molar-refractivity contribution in [2.45, 2.75) is 28.7 Å². The van der Waals surface area contributed by atoms with Crippen LogP contribution in [0.5, 0.6) is 0 Å². The van der Waals surface area contributed by atoms with Crippen LogP contribution in [0.15, 0.2) is 88.3 Å². The van der Waals surface area contributed by atoms with Crippen molar-refractivity contribution in [1.29, 1.82) is 0 Å². The number of carboxylic acids is 1. The van der Waals surface area contributed by atoms with Gasteiger partial charge < -0.3 is 25.9 Å². The molecule has 2 aromatic heterocycles. The number of hydroxylamine groups is 1. The summed E-state index contributed by atoms with van der Waals surface area (Å²) in [6, 6.07) is 13.1. The molecule has 2 aromatic carbocycles. The number of β-lactam (4-membered cyclic amide) rings is 1. The van der Waals surface area contributed by atoms with Gasteiger partial charge in [0.05, 0.1) is 28.6 Å². The molecular formula is C31H25N8NaO6S3. The van der Waals surface area contributed by atoms with E-state index in [0.717, 1.165) is 20.4 Å². The maximum Gasteiger partial charge on any atom is 1.00 e. The van der Waals surface area contributed by atoms with E-state index in [2.05, 4.69) is 31.1 Å². The first kappa shape index (κ1) is 34.9. The van der Waals surface area contributed by atoms with Crippen molar-refractivity contribution in [3.63, 3.8) is 0 Å². The van der Waals surface area contributed by atoms with Crippen molar-refractivity contribution in [3.05, 3.63) is 94.5 Å². The first-order valence-electron chi connectivity index (χ1n) is 14.5. The summed E-state index contributed by atoms with van der Waals surface area (Å²) in [6.07, 6.45) is 2.98. The number of rotatable bonds is 9. The number of carbonyl (C=O) groups is 4. The van der Waals surface area contributed by atoms with Gasteiger partial charge in [0.2, 0.25) is 5.91 Å². The van der Waals surface area contributed by atoms with Crippen LogP contribution in [0.2, 0.25) is 0 Å². The van der Waals surface area contributed by atoms with E-state index in [-0.39, 0.29) is 46.7 Å². The third-order valence-electron chi connectivity index (χ3n) is 7.89. The molecule has 0 radical (unpaired) electrons. The molecule has 3 aliphatic rings. The summed E-state index contributed by atoms with van der Waals surface area (Å²) in [4.78, 5) is 58.3. The second-order valence-corrected chi connectivity index (χ2v) is 14.4. The molecular weight excluding hydrogens is 700 g/mol. The Morgan fingerprint density at radius 3 is 2.67 bits per heavy atom. The molecule has 244 valence electrons. The molecule has 49 heavy (non-hydrogen) atoms. The number of thioether (sulfide) groups is 2. The molecule has 3 atom stereocenters. The van der Waals surface area contributed by atoms with Crippen LogP contribution in [-0.2, 0) is 19.2 Å². The zero-order valence-electron chi connectivity index (χ0n) is 25.9. The van der Waals surface area contributed by atoms with Crippen LogP contribution >= 0.6 is 34.9 Å². The maximum absolute atomic E-state index is 13.8. The normalized spacial score (nSPS) is 18.7. The van der Waals surface area contributed by atoms with Crippen molar-refractivity contribution >= 4 is 80.8 Å². The van der Waals surface area contributed by atoms with E-state index in [1.807, 2.05) is 13.0 Å². The standard InChI is InChI=1S/C31H26N8O6S3.Na/c1-15-36-37-31(48-15)47-14-17-13-46-29-24(28(42)38(29)25(17)30(43)44)35-27(41)22(16-6-3-2-4-7-16)34-26(40)21-12-33-23-18-8-5-11-32-19(18)9-10-20(23)39(21)45;/h2-12,22,24,29,33,45H,13-14H2,1H3,(H,34,40)(H,35,41)(H,43,44);/q;+1/p-1/t22?,24?,29-;/m0./s1. The van der Waals surface area contributed by atoms with Crippen LogP contribution in [-0.4, -0.2) is 71.9 Å². The molecule has 0 bridgehead atoms. The Balaban J connectivity index is 0.00000417. The summed E-state index contributed by atoms with van der Waals surface area (Å²) in [5, 5.41) is 41.3. The monoisotopic (exact) mass is 724 g/mol. The number of pyridine rings is 1. The van der Waals surface area contributed by atoms with Crippen LogP contribution < -0.4 is 55.7 Å². The minimum atomic E-state index is -1.48. The molecule has 2 unspecified atom stereocenters. The van der Waals surface area contributed by atoms with E-state index in [9.17, 15) is 29.5 Å². The quantitative estimate of drug-likeness (QED) is 0.0927. The van der Waals surface area contributed by atoms with E-state index < -0.39 is 41.1 Å². The number of fused-ring (bicyclic) bond motifs is 4. The average Bonchev–Trinajstić information content (AvgIpc) is 3.52. The number of hydrogen-bond acceptors (Lipinski definition) is 14. The van der Waals surface area contributed by atoms with Crippen LogP contribution in [0, 0.1) is 6.92 Å². The Bertz CT molecular complexity index is 2040. The average molecular weight is 725 g/mol. The second-order valence-electron chi connectivity index (χ2n) is 10.8. The minimum absolute atomic E-state index is 0. The predicted octanol–water partition coefficient (Wildman–Crippen LogP) is -1.09. The van der Waals surface area contributed by atoms with Gasteiger partial charge in [-0.05, 0) is 42.3 Å². The third-order valence-corrected chi connectivity index (χ3v) is 11.3. The van der Waals surface area contributed by atoms with Gasteiger partial charge in [0.15, 0.2) is 4.34 Å². The summed E-state index contributed by atoms with van der Waals surface area (Å²) in [7, 11) is 0. The van der Waals surface area contributed by atoms with Crippen molar-refractivity contribution in [1.82, 2.24) is 30.7 Å². The van der Waals surface area contributed by atoms with E-state index in [0.29, 0.717) is 38.1 Å². The molecule has 4 aromatic rings. The predicted molar refractivity (Wildman–Crippen MR) is 177 cm³/mol. The minimum Gasteiger partial charge on any atom is -0.543 e. The molecule has 3 amide bonds. The van der Waals surface area contributed by atoms with Crippen molar-refractivity contribution in [2.24, 2.45) is 0 Å². The number of carboxylic acid groups (broad SMARTS) is 1. The van der Waals surface area contributed by atoms with Gasteiger partial charge in [0.1, 0.15) is 28.2 Å². The maximum atomic E-state index is 13.8. The van der Waals surface area contributed by atoms with Gasteiger partial charge in [-0.15, -0.1) is 22.0 Å². The number of aliphatic carboxylic acids is 1. The molecule has 18 heteroatoms. The van der Waals surface area contributed by atoms with E-state index >= 15 is 0 Å². The fraction of sp³-hybridized carbons (Fsp3) is 0.194. The number of aryl methyl sites for hydroxylation is 1. The van der Waals surface area contributed by atoms with Crippen LogP contribution in [0.4, 0.5) is 11.4 Å². The summed E-state index contributed by atoms with van der Waals surface area (Å²) in [6.45, 7) is 1.82. The summed E-state index contributed by atoms with van der Waals surface area (Å²) in [5.41, 5.74) is 2.11. The topological polar surface area (TPSA) is 193 Å². The van der Waals surface area contributed by atoms with E-state index in [1.165, 1.54) is 41.1 Å². The van der Waals surface area contributed by atoms with Gasteiger partial charge in [-0.3, -0.25) is 29.5 Å². The fourth-order valence-electron chi connectivity index (χ4n) is 5.62. The molecule has 14 nitrogen and oxygen atoms in total. The smallest absolute Gasteiger partial charge is 0.543 e. The molecule has 4 N–H and O–H groups in total. The van der Waals surface area contributed by atoms with Crippen molar-refractivity contribution in [2.75, 3.05) is 21.9 Å². The summed E-state index contributed by atoms with van der Waals surface area (Å²) < 4.78 is 0.679. The van der Waals surface area contributed by atoms with Gasteiger partial charge in [0, 0.05) is 29.3 Å². The second kappa shape index (κ2) is 14.5. The molecule has 1 saturated heterocycles. The van der Waals surface area contributed by atoms with Crippen LogP contribution in [0.1, 0.15) is 16.6 Å².